The largest absolute Gasteiger partial charge is 0.492 e. The van der Waals surface area contributed by atoms with E-state index in [0.717, 1.165) is 18.8 Å². The van der Waals surface area contributed by atoms with E-state index in [2.05, 4.69) is 38.1 Å². The van der Waals surface area contributed by atoms with Crippen LogP contribution in [0.3, 0.4) is 0 Å². The van der Waals surface area contributed by atoms with Gasteiger partial charge < -0.3 is 4.74 Å². The summed E-state index contributed by atoms with van der Waals surface area (Å²) in [6.07, 6.45) is 3.39. The topological polar surface area (TPSA) is 9.23 Å². The standard InChI is InChI=1S/C13H16O/c1-3-6-10(2)12-9-14-13-8-5-4-7-11(12)13/h4-8,12H,3,9H2,1-2H3/b10-6+. The second kappa shape index (κ2) is 3.87. The first-order valence-corrected chi connectivity index (χ1v) is 5.21. The van der Waals surface area contributed by atoms with Gasteiger partial charge in [-0.05, 0) is 19.4 Å². The minimum Gasteiger partial charge on any atom is -0.492 e. The molecule has 0 saturated carbocycles. The average Bonchev–Trinajstić information content (AvgIpc) is 2.61. The van der Waals surface area contributed by atoms with Gasteiger partial charge in [0.1, 0.15) is 5.75 Å². The van der Waals surface area contributed by atoms with Crippen molar-refractivity contribution in [2.45, 2.75) is 26.2 Å². The van der Waals surface area contributed by atoms with Crippen molar-refractivity contribution in [3.05, 3.63) is 41.5 Å². The lowest BCUT2D eigenvalue weighted by Crippen LogP contribution is -2.01. The van der Waals surface area contributed by atoms with Gasteiger partial charge >= 0.3 is 0 Å². The Bertz CT molecular complexity index is 352. The van der Waals surface area contributed by atoms with Gasteiger partial charge in [0.25, 0.3) is 0 Å². The number of allylic oxidation sites excluding steroid dienone is 1. The van der Waals surface area contributed by atoms with Crippen LogP contribution in [0.25, 0.3) is 0 Å². The van der Waals surface area contributed by atoms with Gasteiger partial charge in [-0.3, -0.25) is 0 Å². The molecule has 0 aliphatic carbocycles. The average molecular weight is 188 g/mol. The Balaban J connectivity index is 2.30. The Morgan fingerprint density at radius 3 is 3.07 bits per heavy atom. The van der Waals surface area contributed by atoms with Crippen LogP contribution in [0, 0.1) is 0 Å². The fourth-order valence-corrected chi connectivity index (χ4v) is 2.00. The number of fused-ring (bicyclic) bond motifs is 1. The lowest BCUT2D eigenvalue weighted by molar-refractivity contribution is 0.341. The van der Waals surface area contributed by atoms with E-state index in [1.807, 2.05) is 6.07 Å². The maximum Gasteiger partial charge on any atom is 0.123 e. The molecule has 1 aliphatic heterocycles. The maximum absolute atomic E-state index is 5.64. The molecule has 1 heteroatoms. The first kappa shape index (κ1) is 9.32. The van der Waals surface area contributed by atoms with E-state index in [4.69, 9.17) is 4.74 Å². The highest BCUT2D eigenvalue weighted by atomic mass is 16.5. The first-order valence-electron chi connectivity index (χ1n) is 5.21. The van der Waals surface area contributed by atoms with Gasteiger partial charge in [0.05, 0.1) is 6.61 Å². The summed E-state index contributed by atoms with van der Waals surface area (Å²) in [4.78, 5) is 0. The summed E-state index contributed by atoms with van der Waals surface area (Å²) in [6, 6.07) is 8.33. The van der Waals surface area contributed by atoms with E-state index >= 15 is 0 Å². The third-order valence-corrected chi connectivity index (χ3v) is 2.78. The lowest BCUT2D eigenvalue weighted by Gasteiger charge is -2.08. The predicted octanol–water partition coefficient (Wildman–Crippen LogP) is 3.52. The summed E-state index contributed by atoms with van der Waals surface area (Å²) >= 11 is 0. The van der Waals surface area contributed by atoms with Crippen LogP contribution in [0.15, 0.2) is 35.9 Å². The fraction of sp³-hybridized carbons (Fsp3) is 0.385. The molecule has 0 spiro atoms. The number of hydrogen-bond acceptors (Lipinski definition) is 1. The van der Waals surface area contributed by atoms with Crippen molar-refractivity contribution in [2.24, 2.45) is 0 Å². The van der Waals surface area contributed by atoms with E-state index in [1.165, 1.54) is 11.1 Å². The Kier molecular flexibility index (Phi) is 2.58. The molecule has 1 aromatic rings. The normalized spacial score (nSPS) is 20.4. The molecule has 0 N–H and O–H groups in total. The molecule has 1 atom stereocenters. The van der Waals surface area contributed by atoms with Crippen molar-refractivity contribution < 1.29 is 4.74 Å². The molecule has 0 aromatic heterocycles. The lowest BCUT2D eigenvalue weighted by atomic mass is 9.93. The summed E-state index contributed by atoms with van der Waals surface area (Å²) in [7, 11) is 0. The zero-order chi connectivity index (χ0) is 9.97. The molecule has 1 nitrogen and oxygen atoms in total. The quantitative estimate of drug-likeness (QED) is 0.645. The van der Waals surface area contributed by atoms with Crippen molar-refractivity contribution in [3.8, 4) is 5.75 Å². The third kappa shape index (κ3) is 1.54. The van der Waals surface area contributed by atoms with Crippen LogP contribution in [0.4, 0.5) is 0 Å². The van der Waals surface area contributed by atoms with Gasteiger partial charge in [-0.25, -0.2) is 0 Å². The van der Waals surface area contributed by atoms with E-state index in [0.29, 0.717) is 5.92 Å². The summed E-state index contributed by atoms with van der Waals surface area (Å²) in [5, 5.41) is 0. The minimum absolute atomic E-state index is 0.478. The van der Waals surface area contributed by atoms with E-state index in [9.17, 15) is 0 Å². The molecule has 0 amide bonds. The highest BCUT2D eigenvalue weighted by molar-refractivity contribution is 5.43. The molecular formula is C13H16O. The molecule has 0 radical (unpaired) electrons. The number of para-hydroxylation sites is 1. The summed E-state index contributed by atoms with van der Waals surface area (Å²) < 4.78 is 5.64. The third-order valence-electron chi connectivity index (χ3n) is 2.78. The van der Waals surface area contributed by atoms with Gasteiger partial charge in [0.2, 0.25) is 0 Å². The molecule has 1 aliphatic rings. The zero-order valence-electron chi connectivity index (χ0n) is 8.79. The SMILES string of the molecule is CC/C=C(\C)C1COc2ccccc21. The van der Waals surface area contributed by atoms with Gasteiger partial charge in [-0.15, -0.1) is 0 Å². The van der Waals surface area contributed by atoms with Crippen LogP contribution < -0.4 is 4.74 Å². The molecule has 0 fully saturated rings. The van der Waals surface area contributed by atoms with E-state index < -0.39 is 0 Å². The van der Waals surface area contributed by atoms with Crippen LogP contribution in [-0.4, -0.2) is 6.61 Å². The molecule has 1 unspecified atom stereocenters. The molecular weight excluding hydrogens is 172 g/mol. The fourth-order valence-electron chi connectivity index (χ4n) is 2.00. The second-order valence-electron chi connectivity index (χ2n) is 3.76. The first-order chi connectivity index (χ1) is 6.83. The molecule has 0 bridgehead atoms. The molecule has 0 saturated heterocycles. The van der Waals surface area contributed by atoms with Crippen molar-refractivity contribution in [2.75, 3.05) is 6.61 Å². The van der Waals surface area contributed by atoms with Gasteiger partial charge in [0, 0.05) is 11.5 Å². The number of hydrogen-bond donors (Lipinski definition) is 0. The molecule has 74 valence electrons. The smallest absolute Gasteiger partial charge is 0.123 e. The Morgan fingerprint density at radius 1 is 1.50 bits per heavy atom. The van der Waals surface area contributed by atoms with Gasteiger partial charge in [-0.1, -0.05) is 36.8 Å². The number of ether oxygens (including phenoxy) is 1. The summed E-state index contributed by atoms with van der Waals surface area (Å²) in [5.41, 5.74) is 2.77. The van der Waals surface area contributed by atoms with Gasteiger partial charge in [-0.2, -0.15) is 0 Å². The van der Waals surface area contributed by atoms with Crippen LogP contribution in [0.1, 0.15) is 31.7 Å². The van der Waals surface area contributed by atoms with Crippen molar-refractivity contribution in [1.82, 2.24) is 0 Å². The minimum atomic E-state index is 0.478. The molecule has 14 heavy (non-hydrogen) atoms. The van der Waals surface area contributed by atoms with Crippen molar-refractivity contribution >= 4 is 0 Å². The number of rotatable bonds is 2. The molecule has 1 heterocycles. The summed E-state index contributed by atoms with van der Waals surface area (Å²) in [5.74, 6) is 1.53. The Morgan fingerprint density at radius 2 is 2.29 bits per heavy atom. The van der Waals surface area contributed by atoms with Gasteiger partial charge in [0.15, 0.2) is 0 Å². The summed E-state index contributed by atoms with van der Waals surface area (Å²) in [6.45, 7) is 5.17. The van der Waals surface area contributed by atoms with Crippen molar-refractivity contribution in [3.63, 3.8) is 0 Å². The van der Waals surface area contributed by atoms with E-state index in [-0.39, 0.29) is 0 Å². The van der Waals surface area contributed by atoms with Crippen LogP contribution in [0.5, 0.6) is 5.75 Å². The van der Waals surface area contributed by atoms with Crippen molar-refractivity contribution in [1.29, 1.82) is 0 Å². The highest BCUT2D eigenvalue weighted by Crippen LogP contribution is 2.37. The molecule has 2 rings (SSSR count). The molecule has 1 aromatic carbocycles. The maximum atomic E-state index is 5.64. The number of benzene rings is 1. The van der Waals surface area contributed by atoms with Crippen LogP contribution in [-0.2, 0) is 0 Å². The Labute approximate surface area is 85.4 Å². The van der Waals surface area contributed by atoms with E-state index in [1.54, 1.807) is 0 Å². The predicted molar refractivity (Wildman–Crippen MR) is 58.7 cm³/mol. The van der Waals surface area contributed by atoms with Crippen LogP contribution in [0.2, 0.25) is 0 Å². The monoisotopic (exact) mass is 188 g/mol. The highest BCUT2D eigenvalue weighted by Gasteiger charge is 2.24. The Hall–Kier alpha value is -1.24. The van der Waals surface area contributed by atoms with Crippen LogP contribution >= 0.6 is 0 Å². The zero-order valence-corrected chi connectivity index (χ0v) is 8.79. The second-order valence-corrected chi connectivity index (χ2v) is 3.76.